The van der Waals surface area contributed by atoms with Crippen LogP contribution >= 0.6 is 0 Å². The predicted molar refractivity (Wildman–Crippen MR) is 158 cm³/mol. The summed E-state index contributed by atoms with van der Waals surface area (Å²) in [6, 6.07) is 12.7. The second-order valence-electron chi connectivity index (χ2n) is 9.91. The van der Waals surface area contributed by atoms with Gasteiger partial charge in [0.05, 0.1) is 11.7 Å². The van der Waals surface area contributed by atoms with Crippen LogP contribution in [0.4, 0.5) is 23.1 Å². The van der Waals surface area contributed by atoms with E-state index in [1.807, 2.05) is 36.2 Å². The summed E-state index contributed by atoms with van der Waals surface area (Å²) in [5.74, 6) is -2.45. The SMILES string of the molecule is CN1c2c(n(-c3ccc(CCN)cc3)c(N)nc2=O)NC[C@@H]1CNc1ccc(C(=O)N[C@H](CCC(=O)O)C(=O)O)cc1. The molecule has 14 nitrogen and oxygen atoms in total. The number of carboxylic acids is 2. The molecule has 2 aromatic carbocycles. The number of carbonyl (C=O) groups excluding carboxylic acids is 1. The number of nitrogens with one attached hydrogen (secondary N) is 3. The zero-order valence-electron chi connectivity index (χ0n) is 23.0. The van der Waals surface area contributed by atoms with Crippen molar-refractivity contribution in [1.82, 2.24) is 14.9 Å². The summed E-state index contributed by atoms with van der Waals surface area (Å²) in [7, 11) is 1.82. The third-order valence-corrected chi connectivity index (χ3v) is 7.07. The minimum Gasteiger partial charge on any atom is -0.481 e. The van der Waals surface area contributed by atoms with Crippen molar-refractivity contribution in [2.75, 3.05) is 47.9 Å². The van der Waals surface area contributed by atoms with E-state index in [1.54, 1.807) is 16.7 Å². The van der Waals surface area contributed by atoms with Crippen LogP contribution in [0.3, 0.4) is 0 Å². The Bertz CT molecular complexity index is 1510. The number of rotatable bonds is 12. The van der Waals surface area contributed by atoms with E-state index in [0.29, 0.717) is 36.8 Å². The molecule has 0 aliphatic carbocycles. The number of likely N-dealkylation sites (N-methyl/N-ethyl adjacent to an activating group) is 1. The Labute approximate surface area is 241 Å². The van der Waals surface area contributed by atoms with Gasteiger partial charge in [-0.1, -0.05) is 12.1 Å². The zero-order valence-corrected chi connectivity index (χ0v) is 23.0. The smallest absolute Gasteiger partial charge is 0.326 e. The first-order valence-electron chi connectivity index (χ1n) is 13.4. The van der Waals surface area contributed by atoms with Crippen molar-refractivity contribution in [3.63, 3.8) is 0 Å². The Balaban J connectivity index is 1.43. The molecule has 2 heterocycles. The number of carboxylic acid groups (broad SMARTS) is 2. The molecule has 14 heteroatoms. The van der Waals surface area contributed by atoms with Crippen LogP contribution in [-0.2, 0) is 16.0 Å². The normalized spacial score (nSPS) is 14.8. The number of aliphatic carboxylic acids is 2. The molecule has 1 amide bonds. The van der Waals surface area contributed by atoms with E-state index >= 15 is 0 Å². The molecular weight excluding hydrogens is 544 g/mol. The Morgan fingerprint density at radius 3 is 2.43 bits per heavy atom. The van der Waals surface area contributed by atoms with E-state index < -0.39 is 29.4 Å². The molecule has 0 unspecified atom stereocenters. The van der Waals surface area contributed by atoms with Gasteiger partial charge in [0.25, 0.3) is 11.5 Å². The summed E-state index contributed by atoms with van der Waals surface area (Å²) in [6.45, 7) is 1.49. The third kappa shape index (κ3) is 6.78. The maximum atomic E-state index is 12.9. The molecule has 0 saturated carbocycles. The van der Waals surface area contributed by atoms with Crippen molar-refractivity contribution in [1.29, 1.82) is 0 Å². The van der Waals surface area contributed by atoms with Crippen LogP contribution < -0.4 is 37.9 Å². The fourth-order valence-electron chi connectivity index (χ4n) is 4.73. The van der Waals surface area contributed by atoms with E-state index in [2.05, 4.69) is 20.9 Å². The number of nitrogen functional groups attached to an aromatic ring is 1. The zero-order chi connectivity index (χ0) is 30.4. The minimum absolute atomic E-state index is 0.0727. The van der Waals surface area contributed by atoms with Crippen molar-refractivity contribution in [2.45, 2.75) is 31.3 Å². The van der Waals surface area contributed by atoms with Gasteiger partial charge < -0.3 is 42.5 Å². The van der Waals surface area contributed by atoms with E-state index in [0.717, 1.165) is 17.7 Å². The number of benzene rings is 2. The first-order valence-corrected chi connectivity index (χ1v) is 13.4. The molecule has 0 bridgehead atoms. The van der Waals surface area contributed by atoms with Gasteiger partial charge in [-0.15, -0.1) is 0 Å². The predicted octanol–water partition coefficient (Wildman–Crippen LogP) is 0.706. The van der Waals surface area contributed by atoms with E-state index in [1.165, 1.54) is 12.1 Å². The number of fused-ring (bicyclic) bond motifs is 1. The molecule has 1 aromatic heterocycles. The number of hydrogen-bond donors (Lipinski definition) is 7. The fraction of sp³-hybridized carbons (Fsp3) is 0.321. The number of amides is 1. The summed E-state index contributed by atoms with van der Waals surface area (Å²) in [5.41, 5.74) is 14.5. The molecule has 222 valence electrons. The van der Waals surface area contributed by atoms with Gasteiger partial charge >= 0.3 is 11.9 Å². The lowest BCUT2D eigenvalue weighted by Gasteiger charge is -2.37. The number of nitrogens with zero attached hydrogens (tertiary/aromatic N) is 3. The lowest BCUT2D eigenvalue weighted by atomic mass is 10.1. The highest BCUT2D eigenvalue weighted by Gasteiger charge is 2.29. The van der Waals surface area contributed by atoms with E-state index in [4.69, 9.17) is 16.6 Å². The van der Waals surface area contributed by atoms with Crippen molar-refractivity contribution in [3.8, 4) is 5.69 Å². The summed E-state index contributed by atoms with van der Waals surface area (Å²) in [4.78, 5) is 53.5. The molecule has 0 spiro atoms. The molecule has 1 aliphatic rings. The molecule has 2 atom stereocenters. The minimum atomic E-state index is -1.31. The highest BCUT2D eigenvalue weighted by Crippen LogP contribution is 2.31. The Morgan fingerprint density at radius 1 is 1.12 bits per heavy atom. The largest absolute Gasteiger partial charge is 0.481 e. The lowest BCUT2D eigenvalue weighted by molar-refractivity contribution is -0.140. The summed E-state index contributed by atoms with van der Waals surface area (Å²) < 4.78 is 1.71. The number of nitrogens with two attached hydrogens (primary N) is 2. The van der Waals surface area contributed by atoms with Gasteiger partial charge in [0.15, 0.2) is 0 Å². The second kappa shape index (κ2) is 13.0. The second-order valence-corrected chi connectivity index (χ2v) is 9.91. The Kier molecular flexibility index (Phi) is 9.27. The molecule has 9 N–H and O–H groups in total. The maximum Gasteiger partial charge on any atom is 0.326 e. The van der Waals surface area contributed by atoms with E-state index in [-0.39, 0.29) is 30.4 Å². The molecule has 0 saturated heterocycles. The summed E-state index contributed by atoms with van der Waals surface area (Å²) >= 11 is 0. The molecule has 42 heavy (non-hydrogen) atoms. The van der Waals surface area contributed by atoms with Crippen molar-refractivity contribution in [2.24, 2.45) is 5.73 Å². The van der Waals surface area contributed by atoms with Gasteiger partial charge in [-0.05, 0) is 61.3 Å². The number of carbonyl (C=O) groups is 3. The van der Waals surface area contributed by atoms with Crippen LogP contribution in [0.5, 0.6) is 0 Å². The van der Waals surface area contributed by atoms with E-state index in [9.17, 15) is 24.3 Å². The van der Waals surface area contributed by atoms with Gasteiger partial charge in [0.1, 0.15) is 17.5 Å². The highest BCUT2D eigenvalue weighted by atomic mass is 16.4. The molecule has 4 rings (SSSR count). The summed E-state index contributed by atoms with van der Waals surface area (Å²) in [5, 5.41) is 27.1. The van der Waals surface area contributed by atoms with Gasteiger partial charge in [-0.2, -0.15) is 4.98 Å². The van der Waals surface area contributed by atoms with Crippen LogP contribution in [0.1, 0.15) is 28.8 Å². The molecule has 0 radical (unpaired) electrons. The Morgan fingerprint density at radius 2 is 1.81 bits per heavy atom. The quantitative estimate of drug-likeness (QED) is 0.158. The topological polar surface area (TPSA) is 218 Å². The molecule has 3 aromatic rings. The van der Waals surface area contributed by atoms with Gasteiger partial charge in [0.2, 0.25) is 5.95 Å². The van der Waals surface area contributed by atoms with Crippen LogP contribution in [0.2, 0.25) is 0 Å². The first-order chi connectivity index (χ1) is 20.1. The Hall–Kier alpha value is -5.11. The fourth-order valence-corrected chi connectivity index (χ4v) is 4.73. The molecule has 0 fully saturated rings. The first kappa shape index (κ1) is 29.9. The average Bonchev–Trinajstić information content (AvgIpc) is 2.95. The van der Waals surface area contributed by atoms with Crippen LogP contribution in [0.25, 0.3) is 5.69 Å². The maximum absolute atomic E-state index is 12.9. The van der Waals surface area contributed by atoms with Crippen LogP contribution in [0.15, 0.2) is 53.3 Å². The van der Waals surface area contributed by atoms with Crippen molar-refractivity contribution < 1.29 is 24.6 Å². The van der Waals surface area contributed by atoms with Crippen molar-refractivity contribution >= 4 is 41.0 Å². The van der Waals surface area contributed by atoms with Crippen LogP contribution in [-0.4, -0.2) is 76.4 Å². The molecular formula is C28H34N8O6. The van der Waals surface area contributed by atoms with Crippen molar-refractivity contribution in [3.05, 3.63) is 70.0 Å². The average molecular weight is 579 g/mol. The standard InChI is InChI=1S/C28H34N8O6/c1-35-20(14-31-18-6-4-17(5-7-18)25(39)33-21(27(41)42)10-11-22(37)38)15-32-24-23(35)26(40)34-28(30)36(24)19-8-2-16(3-9-19)12-13-29/h2-9,20-21,31-32H,10-15,29H2,1H3,(H,33,39)(H,37,38)(H,41,42)(H2,30,34,40)/t20-,21+/m0/s1. The van der Waals surface area contributed by atoms with Gasteiger partial charge in [-0.25, -0.2) is 4.79 Å². The molecule has 1 aliphatic heterocycles. The lowest BCUT2D eigenvalue weighted by Crippen LogP contribution is -2.49. The third-order valence-electron chi connectivity index (χ3n) is 7.07. The van der Waals surface area contributed by atoms with Gasteiger partial charge in [-0.3, -0.25) is 19.0 Å². The monoisotopic (exact) mass is 578 g/mol. The highest BCUT2D eigenvalue weighted by molar-refractivity contribution is 5.97. The summed E-state index contributed by atoms with van der Waals surface area (Å²) in [6.07, 6.45) is 0.146. The van der Waals surface area contributed by atoms with Gasteiger partial charge in [0, 0.05) is 37.8 Å². The number of anilines is 4. The van der Waals surface area contributed by atoms with Crippen LogP contribution in [0, 0.1) is 0 Å². The number of hydrogen-bond acceptors (Lipinski definition) is 10. The number of aromatic nitrogens is 2.